The van der Waals surface area contributed by atoms with Crippen molar-refractivity contribution in [3.63, 3.8) is 0 Å². The molecule has 1 aliphatic rings. The number of hydrogen-bond donors (Lipinski definition) is 1. The summed E-state index contributed by atoms with van der Waals surface area (Å²) in [5.41, 5.74) is 1.30. The molecule has 3 nitrogen and oxygen atoms in total. The van der Waals surface area contributed by atoms with E-state index in [0.29, 0.717) is 12.7 Å². The maximum Gasteiger partial charge on any atom is 0.119 e. The quantitative estimate of drug-likeness (QED) is 0.830. The monoisotopic (exact) mass is 286 g/mol. The van der Waals surface area contributed by atoms with Crippen molar-refractivity contribution < 1.29 is 14.6 Å². The van der Waals surface area contributed by atoms with Crippen molar-refractivity contribution >= 4 is 0 Å². The van der Waals surface area contributed by atoms with Gasteiger partial charge in [-0.25, -0.2) is 0 Å². The zero-order chi connectivity index (χ0) is 14.8. The number of aryl methyl sites for hydroxylation is 1. The third-order valence-corrected chi connectivity index (χ3v) is 3.05. The number of epoxide rings is 1. The average Bonchev–Trinajstić information content (AvgIpc) is 3.38. The van der Waals surface area contributed by atoms with Crippen LogP contribution in [0.1, 0.15) is 12.0 Å². The lowest BCUT2D eigenvalue weighted by atomic mass is 10.1. The summed E-state index contributed by atoms with van der Waals surface area (Å²) < 4.78 is 10.4. The molecule has 3 heteroatoms. The van der Waals surface area contributed by atoms with Crippen molar-refractivity contribution in [3.8, 4) is 5.75 Å². The van der Waals surface area contributed by atoms with Gasteiger partial charge in [0.05, 0.1) is 6.61 Å². The molecule has 1 aliphatic heterocycles. The maximum atomic E-state index is 8.53. The van der Waals surface area contributed by atoms with Gasteiger partial charge in [0.2, 0.25) is 0 Å². The second-order valence-electron chi connectivity index (χ2n) is 4.89. The fourth-order valence-electron chi connectivity index (χ4n) is 1.80. The highest BCUT2D eigenvalue weighted by atomic mass is 16.6. The van der Waals surface area contributed by atoms with Gasteiger partial charge in [-0.1, -0.05) is 48.5 Å². The van der Waals surface area contributed by atoms with E-state index < -0.39 is 0 Å². The third-order valence-electron chi connectivity index (χ3n) is 3.05. The van der Waals surface area contributed by atoms with Crippen molar-refractivity contribution in [1.29, 1.82) is 0 Å². The first-order valence-corrected chi connectivity index (χ1v) is 7.32. The van der Waals surface area contributed by atoms with Crippen LogP contribution in [0.2, 0.25) is 0 Å². The first-order valence-electron chi connectivity index (χ1n) is 7.32. The highest BCUT2D eigenvalue weighted by molar-refractivity contribution is 5.21. The Morgan fingerprint density at radius 2 is 1.62 bits per heavy atom. The molecule has 0 saturated carbocycles. The molecule has 3 rings (SSSR count). The molecule has 1 N–H and O–H groups in total. The van der Waals surface area contributed by atoms with Crippen LogP contribution in [0, 0.1) is 0 Å². The topological polar surface area (TPSA) is 42.0 Å². The number of benzene rings is 2. The summed E-state index contributed by atoms with van der Waals surface area (Å²) in [6.07, 6.45) is 2.19. The molecule has 1 fully saturated rings. The van der Waals surface area contributed by atoms with Crippen molar-refractivity contribution in [1.82, 2.24) is 0 Å². The Kier molecular flexibility index (Phi) is 6.78. The number of rotatable bonds is 6. The van der Waals surface area contributed by atoms with E-state index in [1.54, 1.807) is 0 Å². The van der Waals surface area contributed by atoms with Gasteiger partial charge < -0.3 is 14.6 Å². The number of para-hydroxylation sites is 1. The smallest absolute Gasteiger partial charge is 0.119 e. The maximum absolute atomic E-state index is 8.53. The fraction of sp³-hybridized carbons (Fsp3) is 0.333. The number of ether oxygens (including phenoxy) is 2. The molecular formula is C18H22O3. The van der Waals surface area contributed by atoms with Gasteiger partial charge >= 0.3 is 0 Å². The molecule has 2 aromatic rings. The lowest BCUT2D eigenvalue weighted by Crippen LogP contribution is -2.03. The van der Waals surface area contributed by atoms with Gasteiger partial charge in [-0.05, 0) is 30.5 Å². The number of aliphatic hydroxyl groups is 1. The molecule has 21 heavy (non-hydrogen) atoms. The van der Waals surface area contributed by atoms with Gasteiger partial charge in [0.25, 0.3) is 0 Å². The van der Waals surface area contributed by atoms with E-state index in [1.807, 2.05) is 48.5 Å². The molecule has 1 heterocycles. The van der Waals surface area contributed by atoms with Crippen molar-refractivity contribution in [2.45, 2.75) is 18.9 Å². The molecule has 1 unspecified atom stereocenters. The lowest BCUT2D eigenvalue weighted by molar-refractivity contribution is 0.263. The highest BCUT2D eigenvalue weighted by Crippen LogP contribution is 2.13. The zero-order valence-electron chi connectivity index (χ0n) is 12.2. The fourth-order valence-corrected chi connectivity index (χ4v) is 1.80. The summed E-state index contributed by atoms with van der Waals surface area (Å²) in [5, 5.41) is 8.53. The standard InChI is InChI=1S/C9H10O2.C9H12O/c1-2-4-8(5-3-1)10-6-9-7-11-9;10-8-4-7-9-5-2-1-3-6-9/h1-5,9H,6-7H2;1-3,5-6,10H,4,7-8H2. The van der Waals surface area contributed by atoms with E-state index >= 15 is 0 Å². The summed E-state index contributed by atoms with van der Waals surface area (Å²) in [6, 6.07) is 20.0. The minimum Gasteiger partial charge on any atom is -0.491 e. The van der Waals surface area contributed by atoms with Crippen LogP contribution in [-0.4, -0.2) is 31.0 Å². The van der Waals surface area contributed by atoms with Crippen LogP contribution in [0.5, 0.6) is 5.75 Å². The Morgan fingerprint density at radius 3 is 2.19 bits per heavy atom. The second kappa shape index (κ2) is 9.16. The van der Waals surface area contributed by atoms with Gasteiger partial charge in [0.15, 0.2) is 0 Å². The van der Waals surface area contributed by atoms with Crippen molar-refractivity contribution in [2.75, 3.05) is 19.8 Å². The minimum absolute atomic E-state index is 0.287. The summed E-state index contributed by atoms with van der Waals surface area (Å²) in [5.74, 6) is 0.919. The van der Waals surface area contributed by atoms with Crippen LogP contribution in [0.4, 0.5) is 0 Å². The lowest BCUT2D eigenvalue weighted by Gasteiger charge is -2.01. The largest absolute Gasteiger partial charge is 0.491 e. The third kappa shape index (κ3) is 6.93. The van der Waals surface area contributed by atoms with Crippen LogP contribution in [-0.2, 0) is 11.2 Å². The molecule has 1 saturated heterocycles. The first kappa shape index (κ1) is 15.5. The van der Waals surface area contributed by atoms with Crippen molar-refractivity contribution in [2.24, 2.45) is 0 Å². The van der Waals surface area contributed by atoms with Gasteiger partial charge in [-0.3, -0.25) is 0 Å². The molecule has 2 aromatic carbocycles. The zero-order valence-corrected chi connectivity index (χ0v) is 12.2. The predicted molar refractivity (Wildman–Crippen MR) is 83.5 cm³/mol. The Labute approximate surface area is 126 Å². The van der Waals surface area contributed by atoms with E-state index in [0.717, 1.165) is 25.2 Å². The van der Waals surface area contributed by atoms with E-state index in [-0.39, 0.29) is 6.61 Å². The molecule has 0 spiro atoms. The summed E-state index contributed by atoms with van der Waals surface area (Å²) in [4.78, 5) is 0. The van der Waals surface area contributed by atoms with Crippen LogP contribution in [0.3, 0.4) is 0 Å². The van der Waals surface area contributed by atoms with Crippen LogP contribution < -0.4 is 4.74 Å². The van der Waals surface area contributed by atoms with Crippen LogP contribution in [0.15, 0.2) is 60.7 Å². The molecular weight excluding hydrogens is 264 g/mol. The molecule has 0 amide bonds. The van der Waals surface area contributed by atoms with Gasteiger partial charge in [-0.2, -0.15) is 0 Å². The minimum atomic E-state index is 0.287. The van der Waals surface area contributed by atoms with Gasteiger partial charge in [-0.15, -0.1) is 0 Å². The summed E-state index contributed by atoms with van der Waals surface area (Å²) >= 11 is 0. The molecule has 0 bridgehead atoms. The normalized spacial score (nSPS) is 15.8. The number of aliphatic hydroxyl groups excluding tert-OH is 1. The number of hydrogen-bond acceptors (Lipinski definition) is 3. The Balaban J connectivity index is 0.000000155. The Morgan fingerprint density at radius 1 is 1.00 bits per heavy atom. The van der Waals surface area contributed by atoms with Gasteiger partial charge in [0, 0.05) is 6.61 Å². The molecule has 0 radical (unpaired) electrons. The Bertz CT molecular complexity index is 480. The summed E-state index contributed by atoms with van der Waals surface area (Å²) in [6.45, 7) is 1.83. The average molecular weight is 286 g/mol. The van der Waals surface area contributed by atoms with Crippen LogP contribution >= 0.6 is 0 Å². The Hall–Kier alpha value is -1.84. The van der Waals surface area contributed by atoms with E-state index in [1.165, 1.54) is 5.56 Å². The van der Waals surface area contributed by atoms with E-state index in [4.69, 9.17) is 14.6 Å². The highest BCUT2D eigenvalue weighted by Gasteiger charge is 2.22. The van der Waals surface area contributed by atoms with E-state index in [2.05, 4.69) is 12.1 Å². The first-order chi connectivity index (χ1) is 10.4. The van der Waals surface area contributed by atoms with E-state index in [9.17, 15) is 0 Å². The molecule has 1 atom stereocenters. The van der Waals surface area contributed by atoms with Gasteiger partial charge in [0.1, 0.15) is 18.5 Å². The predicted octanol–water partition coefficient (Wildman–Crippen LogP) is 3.08. The second-order valence-corrected chi connectivity index (χ2v) is 4.89. The van der Waals surface area contributed by atoms with Crippen LogP contribution in [0.25, 0.3) is 0 Å². The van der Waals surface area contributed by atoms with Crippen molar-refractivity contribution in [3.05, 3.63) is 66.2 Å². The SMILES string of the molecule is OCCCc1ccccc1.c1ccc(OCC2CO2)cc1. The molecule has 0 aliphatic carbocycles. The summed E-state index contributed by atoms with van der Waals surface area (Å²) in [7, 11) is 0. The molecule has 112 valence electrons. The molecule has 0 aromatic heterocycles.